The molecule has 0 aliphatic carbocycles. The van der Waals surface area contributed by atoms with Crippen LogP contribution in [0.5, 0.6) is 0 Å². The summed E-state index contributed by atoms with van der Waals surface area (Å²) in [5.41, 5.74) is 0. The SMILES string of the molecule is CCO[SiH2][Si](C)(C)OCC. The van der Waals surface area contributed by atoms with Crippen LogP contribution in [0.2, 0.25) is 13.1 Å². The van der Waals surface area contributed by atoms with E-state index in [1.807, 2.05) is 6.92 Å². The Hall–Kier alpha value is 0.354. The van der Waals surface area contributed by atoms with E-state index in [2.05, 4.69) is 20.0 Å². The Morgan fingerprint density at radius 3 is 2.20 bits per heavy atom. The molecule has 0 atom stereocenters. The van der Waals surface area contributed by atoms with Crippen molar-refractivity contribution in [3.8, 4) is 0 Å². The summed E-state index contributed by atoms with van der Waals surface area (Å²) in [7, 11) is -1.66. The highest BCUT2D eigenvalue weighted by atomic mass is 29.2. The van der Waals surface area contributed by atoms with Crippen molar-refractivity contribution >= 4 is 17.1 Å². The van der Waals surface area contributed by atoms with Gasteiger partial charge in [-0.3, -0.25) is 0 Å². The molecule has 0 amide bonds. The minimum absolute atomic E-state index is 0.355. The lowest BCUT2D eigenvalue weighted by molar-refractivity contribution is 0.323. The minimum atomic E-state index is -1.31. The monoisotopic (exact) mass is 178 g/mol. The Kier molecular flexibility index (Phi) is 5.24. The molecule has 0 saturated heterocycles. The Morgan fingerprint density at radius 2 is 1.80 bits per heavy atom. The smallest absolute Gasteiger partial charge is 0.197 e. The molecule has 0 aliphatic heterocycles. The van der Waals surface area contributed by atoms with Gasteiger partial charge in [-0.1, -0.05) is 0 Å². The fourth-order valence-corrected chi connectivity index (χ4v) is 5.29. The van der Waals surface area contributed by atoms with Gasteiger partial charge in [-0.2, -0.15) is 0 Å². The Morgan fingerprint density at radius 1 is 1.20 bits per heavy atom. The lowest BCUT2D eigenvalue weighted by Gasteiger charge is -2.20. The number of rotatable bonds is 5. The van der Waals surface area contributed by atoms with E-state index in [0.717, 1.165) is 13.2 Å². The van der Waals surface area contributed by atoms with Gasteiger partial charge in [0, 0.05) is 13.2 Å². The zero-order valence-electron chi connectivity index (χ0n) is 7.44. The number of hydrogen-bond acceptors (Lipinski definition) is 2. The predicted molar refractivity (Wildman–Crippen MR) is 49.3 cm³/mol. The molecule has 0 N–H and O–H groups in total. The van der Waals surface area contributed by atoms with Gasteiger partial charge in [-0.15, -0.1) is 0 Å². The van der Waals surface area contributed by atoms with Crippen LogP contribution in [0.1, 0.15) is 13.8 Å². The average molecular weight is 178 g/mol. The molecule has 10 heavy (non-hydrogen) atoms. The molecule has 0 aromatic rings. The van der Waals surface area contributed by atoms with Crippen molar-refractivity contribution in [1.82, 2.24) is 0 Å². The highest BCUT2D eigenvalue weighted by Crippen LogP contribution is 2.01. The lowest BCUT2D eigenvalue weighted by Crippen LogP contribution is -2.40. The predicted octanol–water partition coefficient (Wildman–Crippen LogP) is 0.845. The molecule has 2 nitrogen and oxygen atoms in total. The van der Waals surface area contributed by atoms with E-state index in [1.165, 1.54) is 0 Å². The van der Waals surface area contributed by atoms with Gasteiger partial charge >= 0.3 is 0 Å². The van der Waals surface area contributed by atoms with Crippen LogP contribution in [-0.4, -0.2) is 30.3 Å². The second-order valence-electron chi connectivity index (χ2n) is 2.83. The van der Waals surface area contributed by atoms with Crippen LogP contribution in [-0.2, 0) is 8.85 Å². The van der Waals surface area contributed by atoms with Gasteiger partial charge in [-0.25, -0.2) is 0 Å². The molecular formula is C6H18O2Si2. The second kappa shape index (κ2) is 5.06. The van der Waals surface area contributed by atoms with Crippen molar-refractivity contribution in [2.24, 2.45) is 0 Å². The third-order valence-electron chi connectivity index (χ3n) is 1.19. The second-order valence-corrected chi connectivity index (χ2v) is 13.3. The van der Waals surface area contributed by atoms with Gasteiger partial charge in [-0.05, 0) is 26.9 Å². The van der Waals surface area contributed by atoms with Gasteiger partial charge in [0.15, 0.2) is 17.1 Å². The van der Waals surface area contributed by atoms with Gasteiger partial charge in [0.25, 0.3) is 0 Å². The summed E-state index contributed by atoms with van der Waals surface area (Å²) in [6, 6.07) is 0. The van der Waals surface area contributed by atoms with E-state index in [-0.39, 0.29) is 9.28 Å². The standard InChI is InChI=1S/C6H18O2Si2/c1-5-7-9-10(3,4)8-6-2/h5-6,9H2,1-4H3. The van der Waals surface area contributed by atoms with E-state index in [9.17, 15) is 0 Å². The first kappa shape index (κ1) is 10.4. The summed E-state index contributed by atoms with van der Waals surface area (Å²) in [6.45, 7) is 10.3. The molecule has 0 aromatic carbocycles. The van der Waals surface area contributed by atoms with E-state index < -0.39 is 7.83 Å². The molecule has 0 heterocycles. The van der Waals surface area contributed by atoms with Crippen LogP contribution in [0.25, 0.3) is 0 Å². The summed E-state index contributed by atoms with van der Waals surface area (Å²) in [5, 5.41) is 0. The molecule has 0 unspecified atom stereocenters. The van der Waals surface area contributed by atoms with Crippen LogP contribution in [0.15, 0.2) is 0 Å². The summed E-state index contributed by atoms with van der Waals surface area (Å²) in [4.78, 5) is 0. The molecule has 0 aromatic heterocycles. The van der Waals surface area contributed by atoms with Crippen molar-refractivity contribution in [1.29, 1.82) is 0 Å². The topological polar surface area (TPSA) is 18.5 Å². The molecular weight excluding hydrogens is 160 g/mol. The van der Waals surface area contributed by atoms with E-state index in [4.69, 9.17) is 8.85 Å². The van der Waals surface area contributed by atoms with Crippen LogP contribution >= 0.6 is 0 Å². The summed E-state index contributed by atoms with van der Waals surface area (Å²) < 4.78 is 11.0. The zero-order chi connectivity index (χ0) is 8.04. The maximum absolute atomic E-state index is 5.61. The first-order valence-electron chi connectivity index (χ1n) is 3.84. The summed E-state index contributed by atoms with van der Waals surface area (Å²) in [5.74, 6) is 0. The van der Waals surface area contributed by atoms with E-state index >= 15 is 0 Å². The highest BCUT2D eigenvalue weighted by molar-refractivity contribution is 7.17. The van der Waals surface area contributed by atoms with Gasteiger partial charge in [0.2, 0.25) is 0 Å². The normalized spacial score (nSPS) is 13.2. The molecule has 62 valence electrons. The van der Waals surface area contributed by atoms with Crippen molar-refractivity contribution in [3.05, 3.63) is 0 Å². The van der Waals surface area contributed by atoms with Crippen LogP contribution in [0.4, 0.5) is 0 Å². The quantitative estimate of drug-likeness (QED) is 0.581. The van der Waals surface area contributed by atoms with Crippen LogP contribution < -0.4 is 0 Å². The Bertz CT molecular complexity index is 85.8. The minimum Gasteiger partial charge on any atom is -0.425 e. The third-order valence-corrected chi connectivity index (χ3v) is 6.88. The van der Waals surface area contributed by atoms with Crippen molar-refractivity contribution in [3.63, 3.8) is 0 Å². The molecule has 0 bridgehead atoms. The zero-order valence-corrected chi connectivity index (χ0v) is 9.85. The molecule has 0 aliphatic rings. The summed E-state index contributed by atoms with van der Waals surface area (Å²) in [6.07, 6.45) is 0. The lowest BCUT2D eigenvalue weighted by atomic mass is 10.9. The van der Waals surface area contributed by atoms with E-state index in [0.29, 0.717) is 0 Å². The van der Waals surface area contributed by atoms with Crippen LogP contribution in [0.3, 0.4) is 0 Å². The maximum atomic E-state index is 5.61. The van der Waals surface area contributed by atoms with Crippen molar-refractivity contribution in [2.75, 3.05) is 13.2 Å². The van der Waals surface area contributed by atoms with Gasteiger partial charge < -0.3 is 8.85 Å². The van der Waals surface area contributed by atoms with Gasteiger partial charge in [0.05, 0.1) is 0 Å². The Labute approximate surface area is 66.8 Å². The average Bonchev–Trinajstić information content (AvgIpc) is 1.84. The fourth-order valence-electron chi connectivity index (χ4n) is 0.780. The van der Waals surface area contributed by atoms with Gasteiger partial charge in [0.1, 0.15) is 0 Å². The molecule has 4 heteroatoms. The fraction of sp³-hybridized carbons (Fsp3) is 1.00. The molecule has 0 rings (SSSR count). The van der Waals surface area contributed by atoms with Crippen molar-refractivity contribution in [2.45, 2.75) is 26.9 Å². The molecule has 0 saturated carbocycles. The number of hydrogen-bond donors (Lipinski definition) is 0. The molecule has 0 radical (unpaired) electrons. The highest BCUT2D eigenvalue weighted by Gasteiger charge is 2.22. The van der Waals surface area contributed by atoms with Crippen molar-refractivity contribution < 1.29 is 8.85 Å². The molecule has 0 spiro atoms. The maximum Gasteiger partial charge on any atom is 0.197 e. The molecule has 0 fully saturated rings. The largest absolute Gasteiger partial charge is 0.425 e. The first-order chi connectivity index (χ1) is 4.62. The van der Waals surface area contributed by atoms with Crippen LogP contribution in [0, 0.1) is 0 Å². The Balaban J connectivity index is 3.42. The summed E-state index contributed by atoms with van der Waals surface area (Å²) >= 11 is 0. The third kappa shape index (κ3) is 5.16. The first-order valence-corrected chi connectivity index (χ1v) is 9.65. The van der Waals surface area contributed by atoms with E-state index in [1.54, 1.807) is 0 Å².